The molecule has 0 aliphatic carbocycles. The molecule has 0 N–H and O–H groups in total. The fourth-order valence-electron chi connectivity index (χ4n) is 1.85. The van der Waals surface area contributed by atoms with Gasteiger partial charge in [0.05, 0.1) is 6.04 Å². The number of rotatable bonds is 2. The Morgan fingerprint density at radius 1 is 1.79 bits per heavy atom. The molecule has 0 saturated carbocycles. The second-order valence-electron chi connectivity index (χ2n) is 3.32. The highest BCUT2D eigenvalue weighted by atomic mass is 16.5. The average molecular weight is 192 g/mol. The summed E-state index contributed by atoms with van der Waals surface area (Å²) in [4.78, 5) is 13.3. The third-order valence-corrected chi connectivity index (χ3v) is 2.51. The minimum atomic E-state index is -0.0319. The molecule has 0 aromatic carbocycles. The number of hydrogen-bond acceptors (Lipinski definition) is 3. The zero-order valence-corrected chi connectivity index (χ0v) is 7.85. The Morgan fingerprint density at radius 2 is 2.64 bits per heavy atom. The summed E-state index contributed by atoms with van der Waals surface area (Å²) in [5, 5.41) is 3.86. The molecule has 1 aliphatic heterocycles. The van der Waals surface area contributed by atoms with Crippen LogP contribution in [-0.4, -0.2) is 22.5 Å². The Bertz CT molecular complexity index is 332. The quantitative estimate of drug-likeness (QED) is 0.667. The van der Waals surface area contributed by atoms with Gasteiger partial charge in [0.25, 0.3) is 0 Å². The van der Waals surface area contributed by atoms with Gasteiger partial charge in [-0.1, -0.05) is 11.7 Å². The lowest BCUT2D eigenvalue weighted by molar-refractivity contribution is -0.127. The lowest BCUT2D eigenvalue weighted by Crippen LogP contribution is -2.28. The zero-order chi connectivity index (χ0) is 9.97. The maximum absolute atomic E-state index is 11.5. The van der Waals surface area contributed by atoms with Crippen LogP contribution in [0.25, 0.3) is 0 Å². The van der Waals surface area contributed by atoms with Crippen LogP contribution in [0.15, 0.2) is 29.5 Å². The predicted molar refractivity (Wildman–Crippen MR) is 50.4 cm³/mol. The minimum Gasteiger partial charge on any atom is -0.364 e. The van der Waals surface area contributed by atoms with Gasteiger partial charge in [0.15, 0.2) is 0 Å². The standard InChI is InChI=1S/C10H12N2O2/c1-2-10(13)12-6-3-4-9(12)8-5-7-14-11-8/h2,5,7,9H,1,3-4,6H2/t9-/m0/s1. The molecule has 0 unspecified atom stereocenters. The van der Waals surface area contributed by atoms with E-state index < -0.39 is 0 Å². The van der Waals surface area contributed by atoms with E-state index in [1.807, 2.05) is 0 Å². The Hall–Kier alpha value is -1.58. The molecular formula is C10H12N2O2. The number of likely N-dealkylation sites (tertiary alicyclic amines) is 1. The van der Waals surface area contributed by atoms with Crippen LogP contribution in [0.3, 0.4) is 0 Å². The molecule has 1 amide bonds. The first-order valence-electron chi connectivity index (χ1n) is 4.66. The Kier molecular flexibility index (Phi) is 2.35. The van der Waals surface area contributed by atoms with Crippen LogP contribution in [0.1, 0.15) is 24.6 Å². The maximum atomic E-state index is 11.5. The molecule has 14 heavy (non-hydrogen) atoms. The van der Waals surface area contributed by atoms with Crippen molar-refractivity contribution >= 4 is 5.91 Å². The van der Waals surface area contributed by atoms with Crippen molar-refractivity contribution in [3.05, 3.63) is 30.7 Å². The van der Waals surface area contributed by atoms with E-state index in [1.54, 1.807) is 11.0 Å². The van der Waals surface area contributed by atoms with E-state index in [-0.39, 0.29) is 11.9 Å². The molecule has 0 bridgehead atoms. The molecule has 1 atom stereocenters. The molecule has 4 heteroatoms. The molecule has 0 spiro atoms. The summed E-state index contributed by atoms with van der Waals surface area (Å²) in [7, 11) is 0. The molecule has 74 valence electrons. The Balaban J connectivity index is 2.19. The summed E-state index contributed by atoms with van der Waals surface area (Å²) in [6.45, 7) is 4.27. The lowest BCUT2D eigenvalue weighted by atomic mass is 10.1. The van der Waals surface area contributed by atoms with E-state index in [2.05, 4.69) is 11.7 Å². The summed E-state index contributed by atoms with van der Waals surface area (Å²) in [6.07, 6.45) is 4.84. The van der Waals surface area contributed by atoms with Gasteiger partial charge in [0.1, 0.15) is 12.0 Å². The van der Waals surface area contributed by atoms with Crippen molar-refractivity contribution in [3.8, 4) is 0 Å². The van der Waals surface area contributed by atoms with E-state index in [9.17, 15) is 4.79 Å². The number of nitrogens with zero attached hydrogens (tertiary/aromatic N) is 2. The van der Waals surface area contributed by atoms with Crippen LogP contribution in [-0.2, 0) is 4.79 Å². The smallest absolute Gasteiger partial charge is 0.246 e. The van der Waals surface area contributed by atoms with Crippen LogP contribution in [0.4, 0.5) is 0 Å². The number of carbonyl (C=O) groups excluding carboxylic acids is 1. The highest BCUT2D eigenvalue weighted by Gasteiger charge is 2.30. The fourth-order valence-corrected chi connectivity index (χ4v) is 1.85. The van der Waals surface area contributed by atoms with Crippen LogP contribution < -0.4 is 0 Å². The highest BCUT2D eigenvalue weighted by molar-refractivity contribution is 5.87. The maximum Gasteiger partial charge on any atom is 0.246 e. The summed E-state index contributed by atoms with van der Waals surface area (Å²) >= 11 is 0. The van der Waals surface area contributed by atoms with E-state index in [0.29, 0.717) is 0 Å². The van der Waals surface area contributed by atoms with Crippen LogP contribution >= 0.6 is 0 Å². The molecule has 1 fully saturated rings. The molecule has 0 radical (unpaired) electrons. The van der Waals surface area contributed by atoms with Gasteiger partial charge in [-0.2, -0.15) is 0 Å². The van der Waals surface area contributed by atoms with Crippen molar-refractivity contribution in [1.29, 1.82) is 0 Å². The zero-order valence-electron chi connectivity index (χ0n) is 7.85. The first kappa shape index (κ1) is 8.99. The second kappa shape index (κ2) is 3.65. The third kappa shape index (κ3) is 1.43. The fraction of sp³-hybridized carbons (Fsp3) is 0.400. The third-order valence-electron chi connectivity index (χ3n) is 2.51. The normalized spacial score (nSPS) is 21.1. The largest absolute Gasteiger partial charge is 0.364 e. The SMILES string of the molecule is C=CC(=O)N1CCC[C@H]1c1ccon1. The monoisotopic (exact) mass is 192 g/mol. The molecule has 1 aromatic heterocycles. The summed E-state index contributed by atoms with van der Waals surface area (Å²) < 4.78 is 4.77. The van der Waals surface area contributed by atoms with Crippen LogP contribution in [0.5, 0.6) is 0 Å². The van der Waals surface area contributed by atoms with Gasteiger partial charge in [-0.25, -0.2) is 0 Å². The topological polar surface area (TPSA) is 46.3 Å². The molecular weight excluding hydrogens is 180 g/mol. The predicted octanol–water partition coefficient (Wildman–Crippen LogP) is 1.52. The first-order chi connectivity index (χ1) is 6.83. The van der Waals surface area contributed by atoms with Crippen LogP contribution in [0, 0.1) is 0 Å². The number of carbonyl (C=O) groups is 1. The van der Waals surface area contributed by atoms with Gasteiger partial charge in [-0.3, -0.25) is 4.79 Å². The molecule has 4 nitrogen and oxygen atoms in total. The minimum absolute atomic E-state index is 0.0319. The van der Waals surface area contributed by atoms with Gasteiger partial charge in [0.2, 0.25) is 5.91 Å². The summed E-state index contributed by atoms with van der Waals surface area (Å²) in [5.74, 6) is -0.0319. The van der Waals surface area contributed by atoms with Gasteiger partial charge in [0, 0.05) is 12.6 Å². The second-order valence-corrected chi connectivity index (χ2v) is 3.32. The number of amides is 1. The van der Waals surface area contributed by atoms with Crippen LogP contribution in [0.2, 0.25) is 0 Å². The molecule has 1 aromatic rings. The van der Waals surface area contributed by atoms with E-state index in [1.165, 1.54) is 12.3 Å². The van der Waals surface area contributed by atoms with Crippen molar-refractivity contribution in [1.82, 2.24) is 10.1 Å². The Labute approximate surface area is 82.2 Å². The van der Waals surface area contributed by atoms with Crippen molar-refractivity contribution in [3.63, 3.8) is 0 Å². The van der Waals surface area contributed by atoms with Gasteiger partial charge < -0.3 is 9.42 Å². The first-order valence-corrected chi connectivity index (χ1v) is 4.66. The molecule has 2 rings (SSSR count). The van der Waals surface area contributed by atoms with Crippen molar-refractivity contribution in [2.45, 2.75) is 18.9 Å². The van der Waals surface area contributed by atoms with Gasteiger partial charge >= 0.3 is 0 Å². The van der Waals surface area contributed by atoms with Gasteiger partial charge in [-0.05, 0) is 18.9 Å². The lowest BCUT2D eigenvalue weighted by Gasteiger charge is -2.20. The van der Waals surface area contributed by atoms with E-state index >= 15 is 0 Å². The number of hydrogen-bond donors (Lipinski definition) is 0. The summed E-state index contributed by atoms with van der Waals surface area (Å²) in [5.41, 5.74) is 0.831. The molecule has 1 saturated heterocycles. The van der Waals surface area contributed by atoms with E-state index in [0.717, 1.165) is 25.1 Å². The summed E-state index contributed by atoms with van der Waals surface area (Å²) in [6, 6.07) is 1.87. The number of aromatic nitrogens is 1. The van der Waals surface area contributed by atoms with E-state index in [4.69, 9.17) is 4.52 Å². The molecule has 2 heterocycles. The van der Waals surface area contributed by atoms with Crippen molar-refractivity contribution < 1.29 is 9.32 Å². The highest BCUT2D eigenvalue weighted by Crippen LogP contribution is 2.30. The molecule has 1 aliphatic rings. The van der Waals surface area contributed by atoms with Crippen molar-refractivity contribution in [2.75, 3.05) is 6.54 Å². The van der Waals surface area contributed by atoms with Gasteiger partial charge in [-0.15, -0.1) is 0 Å². The Morgan fingerprint density at radius 3 is 3.29 bits per heavy atom. The van der Waals surface area contributed by atoms with Crippen molar-refractivity contribution in [2.24, 2.45) is 0 Å². The average Bonchev–Trinajstić information content (AvgIpc) is 2.85.